The summed E-state index contributed by atoms with van der Waals surface area (Å²) in [6, 6.07) is 5.11. The number of amides is 1. The lowest BCUT2D eigenvalue weighted by Gasteiger charge is -2.23. The first-order valence-electron chi connectivity index (χ1n) is 6.94. The molecular formula is C15H21NO4. The van der Waals surface area contributed by atoms with Crippen LogP contribution < -0.4 is 9.47 Å². The Hall–Kier alpha value is -1.75. The largest absolute Gasteiger partial charge is 0.493 e. The van der Waals surface area contributed by atoms with Crippen molar-refractivity contribution in [1.29, 1.82) is 0 Å². The Bertz CT molecular complexity index is 475. The molecule has 110 valence electrons. The molecule has 5 nitrogen and oxygen atoms in total. The molecule has 0 aliphatic carbocycles. The fourth-order valence-electron chi connectivity index (χ4n) is 2.54. The summed E-state index contributed by atoms with van der Waals surface area (Å²) in [6.45, 7) is 3.10. The molecule has 1 fully saturated rings. The van der Waals surface area contributed by atoms with Gasteiger partial charge in [0.25, 0.3) is 5.91 Å². The number of aliphatic hydroxyl groups excluding tert-OH is 1. The summed E-state index contributed by atoms with van der Waals surface area (Å²) in [4.78, 5) is 14.2. The van der Waals surface area contributed by atoms with Gasteiger partial charge >= 0.3 is 0 Å². The maximum absolute atomic E-state index is 12.5. The van der Waals surface area contributed by atoms with Crippen LogP contribution in [0.3, 0.4) is 0 Å². The van der Waals surface area contributed by atoms with Crippen LogP contribution in [0.2, 0.25) is 0 Å². The molecule has 0 spiro atoms. The minimum atomic E-state index is -0.0693. The monoisotopic (exact) mass is 279 g/mol. The van der Waals surface area contributed by atoms with Gasteiger partial charge in [0, 0.05) is 12.1 Å². The summed E-state index contributed by atoms with van der Waals surface area (Å²) in [5.41, 5.74) is 0.564. The highest BCUT2D eigenvalue weighted by Gasteiger charge is 2.29. The standard InChI is InChI=1S/C15H21NO4/c1-3-20-14-9-11(6-7-13(14)19-2)15(18)16-8-4-5-12(16)10-17/h6-7,9,12,17H,3-5,8,10H2,1-2H3/t12-/m1/s1. The van der Waals surface area contributed by atoms with Gasteiger partial charge in [0.05, 0.1) is 26.4 Å². The molecule has 1 amide bonds. The molecular weight excluding hydrogens is 258 g/mol. The van der Waals surface area contributed by atoms with Crippen LogP contribution in [0.15, 0.2) is 18.2 Å². The number of benzene rings is 1. The summed E-state index contributed by atoms with van der Waals surface area (Å²) in [5.74, 6) is 1.12. The zero-order valence-electron chi connectivity index (χ0n) is 12.0. The van der Waals surface area contributed by atoms with Crippen LogP contribution >= 0.6 is 0 Å². The number of methoxy groups -OCH3 is 1. The summed E-state index contributed by atoms with van der Waals surface area (Å²) in [7, 11) is 1.57. The number of hydrogen-bond acceptors (Lipinski definition) is 4. The average Bonchev–Trinajstić information content (AvgIpc) is 2.95. The van der Waals surface area contributed by atoms with E-state index in [2.05, 4.69) is 0 Å². The predicted molar refractivity (Wildman–Crippen MR) is 75.3 cm³/mol. The second-order valence-corrected chi connectivity index (χ2v) is 4.78. The van der Waals surface area contributed by atoms with E-state index in [1.807, 2.05) is 6.92 Å². The molecule has 0 bridgehead atoms. The van der Waals surface area contributed by atoms with Crippen LogP contribution in [0.1, 0.15) is 30.1 Å². The lowest BCUT2D eigenvalue weighted by molar-refractivity contribution is 0.0677. The van der Waals surface area contributed by atoms with E-state index >= 15 is 0 Å². The normalized spacial score (nSPS) is 18.1. The molecule has 1 heterocycles. The molecule has 1 aromatic carbocycles. The molecule has 0 radical (unpaired) electrons. The highest BCUT2D eigenvalue weighted by molar-refractivity contribution is 5.95. The molecule has 2 rings (SSSR count). The van der Waals surface area contributed by atoms with E-state index in [0.29, 0.717) is 30.2 Å². The molecule has 5 heteroatoms. The Balaban J connectivity index is 2.23. The molecule has 1 aliphatic rings. The summed E-state index contributed by atoms with van der Waals surface area (Å²) < 4.78 is 10.7. The smallest absolute Gasteiger partial charge is 0.254 e. The number of rotatable bonds is 5. The van der Waals surface area contributed by atoms with Crippen LogP contribution in [-0.4, -0.2) is 48.8 Å². The Morgan fingerprint density at radius 3 is 2.90 bits per heavy atom. The second-order valence-electron chi connectivity index (χ2n) is 4.78. The van der Waals surface area contributed by atoms with Gasteiger partial charge in [-0.1, -0.05) is 0 Å². The number of carbonyl (C=O) groups excluding carboxylic acids is 1. The van der Waals surface area contributed by atoms with Gasteiger partial charge < -0.3 is 19.5 Å². The molecule has 0 aromatic heterocycles. The fourth-order valence-corrected chi connectivity index (χ4v) is 2.54. The van der Waals surface area contributed by atoms with Crippen LogP contribution in [0, 0.1) is 0 Å². The van der Waals surface area contributed by atoms with Crippen molar-refractivity contribution in [3.8, 4) is 11.5 Å². The average molecular weight is 279 g/mol. The first kappa shape index (κ1) is 14.7. The van der Waals surface area contributed by atoms with Crippen molar-refractivity contribution < 1.29 is 19.4 Å². The van der Waals surface area contributed by atoms with Gasteiger partial charge in [-0.3, -0.25) is 4.79 Å². The topological polar surface area (TPSA) is 59.0 Å². The fraction of sp³-hybridized carbons (Fsp3) is 0.533. The van der Waals surface area contributed by atoms with Crippen molar-refractivity contribution >= 4 is 5.91 Å². The highest BCUT2D eigenvalue weighted by Crippen LogP contribution is 2.29. The van der Waals surface area contributed by atoms with Crippen LogP contribution in [0.4, 0.5) is 0 Å². The second kappa shape index (κ2) is 6.61. The van der Waals surface area contributed by atoms with Crippen molar-refractivity contribution in [2.24, 2.45) is 0 Å². The zero-order chi connectivity index (χ0) is 14.5. The quantitative estimate of drug-likeness (QED) is 0.891. The van der Waals surface area contributed by atoms with Gasteiger partial charge in [-0.15, -0.1) is 0 Å². The van der Waals surface area contributed by atoms with E-state index in [-0.39, 0.29) is 18.6 Å². The van der Waals surface area contributed by atoms with Crippen molar-refractivity contribution in [3.63, 3.8) is 0 Å². The number of carbonyl (C=O) groups is 1. The SMILES string of the molecule is CCOc1cc(C(=O)N2CCC[C@@H]2CO)ccc1OC. The van der Waals surface area contributed by atoms with Crippen LogP contribution in [0.5, 0.6) is 11.5 Å². The first-order chi connectivity index (χ1) is 9.71. The van der Waals surface area contributed by atoms with E-state index in [0.717, 1.165) is 12.8 Å². The van der Waals surface area contributed by atoms with Gasteiger partial charge in [0.15, 0.2) is 11.5 Å². The van der Waals surface area contributed by atoms with Gasteiger partial charge in [-0.05, 0) is 38.0 Å². The minimum absolute atomic E-state index is 0.0141. The van der Waals surface area contributed by atoms with Crippen LogP contribution in [0.25, 0.3) is 0 Å². The third kappa shape index (κ3) is 2.88. The predicted octanol–water partition coefficient (Wildman–Crippen LogP) is 1.69. The van der Waals surface area contributed by atoms with Gasteiger partial charge in [0.1, 0.15) is 0 Å². The maximum Gasteiger partial charge on any atom is 0.254 e. The van der Waals surface area contributed by atoms with E-state index in [1.165, 1.54) is 0 Å². The third-order valence-corrected chi connectivity index (χ3v) is 3.56. The maximum atomic E-state index is 12.5. The minimum Gasteiger partial charge on any atom is -0.493 e. The third-order valence-electron chi connectivity index (χ3n) is 3.56. The first-order valence-corrected chi connectivity index (χ1v) is 6.94. The summed E-state index contributed by atoms with van der Waals surface area (Å²) in [5, 5.41) is 9.31. The molecule has 1 aliphatic heterocycles. The van der Waals surface area contributed by atoms with E-state index in [4.69, 9.17) is 9.47 Å². The highest BCUT2D eigenvalue weighted by atomic mass is 16.5. The van der Waals surface area contributed by atoms with E-state index in [1.54, 1.807) is 30.2 Å². The Morgan fingerprint density at radius 1 is 1.45 bits per heavy atom. The molecule has 0 unspecified atom stereocenters. The number of nitrogens with zero attached hydrogens (tertiary/aromatic N) is 1. The van der Waals surface area contributed by atoms with Crippen molar-refractivity contribution in [1.82, 2.24) is 4.90 Å². The lowest BCUT2D eigenvalue weighted by Crippen LogP contribution is -2.37. The van der Waals surface area contributed by atoms with Crippen molar-refractivity contribution in [3.05, 3.63) is 23.8 Å². The molecule has 0 saturated carbocycles. The van der Waals surface area contributed by atoms with Crippen molar-refractivity contribution in [2.75, 3.05) is 26.9 Å². The molecule has 1 N–H and O–H groups in total. The number of likely N-dealkylation sites (tertiary alicyclic amines) is 1. The van der Waals surface area contributed by atoms with Gasteiger partial charge in [-0.25, -0.2) is 0 Å². The summed E-state index contributed by atoms with van der Waals surface area (Å²) in [6.07, 6.45) is 1.79. The number of ether oxygens (including phenoxy) is 2. The molecule has 20 heavy (non-hydrogen) atoms. The van der Waals surface area contributed by atoms with Gasteiger partial charge in [0.2, 0.25) is 0 Å². The Kier molecular flexibility index (Phi) is 4.84. The Morgan fingerprint density at radius 2 is 2.25 bits per heavy atom. The summed E-state index contributed by atoms with van der Waals surface area (Å²) >= 11 is 0. The van der Waals surface area contributed by atoms with Gasteiger partial charge in [-0.2, -0.15) is 0 Å². The van der Waals surface area contributed by atoms with Crippen LogP contribution in [-0.2, 0) is 0 Å². The number of hydrogen-bond donors (Lipinski definition) is 1. The molecule has 1 atom stereocenters. The number of aliphatic hydroxyl groups is 1. The van der Waals surface area contributed by atoms with Crippen molar-refractivity contribution in [2.45, 2.75) is 25.8 Å². The molecule has 1 aromatic rings. The van der Waals surface area contributed by atoms with E-state index < -0.39 is 0 Å². The molecule has 1 saturated heterocycles. The Labute approximate surface area is 119 Å². The lowest BCUT2D eigenvalue weighted by atomic mass is 10.1. The van der Waals surface area contributed by atoms with E-state index in [9.17, 15) is 9.90 Å². The zero-order valence-corrected chi connectivity index (χ0v) is 12.0.